The van der Waals surface area contributed by atoms with Crippen LogP contribution in [0.5, 0.6) is 0 Å². The monoisotopic (exact) mass is 475 g/mol. The number of hydrogen-bond acceptors (Lipinski definition) is 6. The lowest BCUT2D eigenvalue weighted by Crippen LogP contribution is -2.22. The van der Waals surface area contributed by atoms with Crippen LogP contribution in [0.4, 0.5) is 0 Å². The van der Waals surface area contributed by atoms with Gasteiger partial charge in [0.2, 0.25) is 0 Å². The lowest BCUT2D eigenvalue weighted by atomic mass is 10.0. The van der Waals surface area contributed by atoms with Crippen LogP contribution in [-0.4, -0.2) is 19.5 Å². The number of hydrogen-bond donors (Lipinski definition) is 1. The van der Waals surface area contributed by atoms with Crippen molar-refractivity contribution in [3.8, 4) is 0 Å². The van der Waals surface area contributed by atoms with Crippen LogP contribution in [-0.2, 0) is 13.1 Å². The molecule has 36 heavy (non-hydrogen) atoms. The van der Waals surface area contributed by atoms with E-state index in [4.69, 9.17) is 4.42 Å². The Balaban J connectivity index is 1.32. The molecule has 0 saturated carbocycles. The van der Waals surface area contributed by atoms with Gasteiger partial charge in [0.1, 0.15) is 11.3 Å². The minimum Gasteiger partial charge on any atom is -0.458 e. The maximum atomic E-state index is 13.1. The molecule has 0 aliphatic rings. The summed E-state index contributed by atoms with van der Waals surface area (Å²) in [6, 6.07) is 21.2. The highest BCUT2D eigenvalue weighted by Gasteiger charge is 2.18. The third-order valence-electron chi connectivity index (χ3n) is 6.57. The van der Waals surface area contributed by atoms with Crippen LogP contribution in [0.15, 0.2) is 101 Å². The minimum atomic E-state index is -0.137. The first-order valence-electron chi connectivity index (χ1n) is 12.1. The maximum absolute atomic E-state index is 13.1. The highest BCUT2D eigenvalue weighted by molar-refractivity contribution is 6.03. The first-order chi connectivity index (χ1) is 17.8. The van der Waals surface area contributed by atoms with Crippen LogP contribution in [0.1, 0.15) is 30.2 Å². The topological polar surface area (TPSA) is 85.8 Å². The van der Waals surface area contributed by atoms with Gasteiger partial charge in [0.25, 0.3) is 0 Å². The largest absolute Gasteiger partial charge is 0.458 e. The highest BCUT2D eigenvalue weighted by atomic mass is 16.3. The van der Waals surface area contributed by atoms with E-state index in [0.717, 1.165) is 46.9 Å². The van der Waals surface area contributed by atoms with Crippen LogP contribution >= 0.6 is 0 Å². The lowest BCUT2D eigenvalue weighted by molar-refractivity contribution is 0.388. The minimum absolute atomic E-state index is 0.0283. The van der Waals surface area contributed by atoms with Gasteiger partial charge < -0.3 is 14.3 Å². The fourth-order valence-corrected chi connectivity index (χ4v) is 4.70. The zero-order valence-electron chi connectivity index (χ0n) is 19.7. The van der Waals surface area contributed by atoms with Crippen molar-refractivity contribution in [1.82, 2.24) is 24.8 Å². The van der Waals surface area contributed by atoms with Gasteiger partial charge in [0, 0.05) is 43.1 Å². The van der Waals surface area contributed by atoms with Gasteiger partial charge in [-0.3, -0.25) is 9.78 Å². The average molecular weight is 476 g/mol. The van der Waals surface area contributed by atoms with Gasteiger partial charge in [-0.1, -0.05) is 30.3 Å². The molecule has 0 aliphatic carbocycles. The molecule has 1 unspecified atom stereocenters. The van der Waals surface area contributed by atoms with E-state index >= 15 is 0 Å². The SMILES string of the molecule is O=c1cc(C(CCCn2cnc3ncccc32)NCc2ccncc2)oc2c1ccc1ccccc12. The summed E-state index contributed by atoms with van der Waals surface area (Å²) in [5.41, 5.74) is 3.49. The summed E-state index contributed by atoms with van der Waals surface area (Å²) >= 11 is 0. The fourth-order valence-electron chi connectivity index (χ4n) is 4.70. The molecule has 4 heterocycles. The molecule has 1 atom stereocenters. The van der Waals surface area contributed by atoms with Gasteiger partial charge in [0.15, 0.2) is 11.1 Å². The fraction of sp³-hybridized carbons (Fsp3) is 0.172. The lowest BCUT2D eigenvalue weighted by Gasteiger charge is -2.19. The number of pyridine rings is 2. The second kappa shape index (κ2) is 9.71. The van der Waals surface area contributed by atoms with E-state index < -0.39 is 0 Å². The first kappa shape index (κ1) is 22.1. The van der Waals surface area contributed by atoms with Gasteiger partial charge >= 0.3 is 0 Å². The molecule has 6 rings (SSSR count). The van der Waals surface area contributed by atoms with Crippen molar-refractivity contribution in [2.45, 2.75) is 32.0 Å². The number of fused-ring (bicyclic) bond motifs is 4. The Morgan fingerprint density at radius 3 is 2.72 bits per heavy atom. The van der Waals surface area contributed by atoms with Crippen LogP contribution in [0, 0.1) is 0 Å². The molecule has 0 fully saturated rings. The van der Waals surface area contributed by atoms with E-state index in [1.807, 2.05) is 67.0 Å². The van der Waals surface area contributed by atoms with E-state index in [1.165, 1.54) is 0 Å². The Labute approximate surface area is 207 Å². The Morgan fingerprint density at radius 2 is 1.81 bits per heavy atom. The molecule has 0 spiro atoms. The van der Waals surface area contributed by atoms with Gasteiger partial charge in [-0.25, -0.2) is 9.97 Å². The molecule has 7 nitrogen and oxygen atoms in total. The van der Waals surface area contributed by atoms with E-state index in [2.05, 4.69) is 24.8 Å². The second-order valence-corrected chi connectivity index (χ2v) is 8.89. The number of nitrogens with one attached hydrogen (secondary N) is 1. The normalized spacial score (nSPS) is 12.4. The Morgan fingerprint density at radius 1 is 0.917 bits per heavy atom. The summed E-state index contributed by atoms with van der Waals surface area (Å²) < 4.78 is 8.58. The predicted molar refractivity (Wildman–Crippen MR) is 141 cm³/mol. The maximum Gasteiger partial charge on any atom is 0.193 e. The Hall–Kier alpha value is -4.36. The van der Waals surface area contributed by atoms with Crippen LogP contribution in [0.3, 0.4) is 0 Å². The Bertz CT molecular complexity index is 1710. The van der Waals surface area contributed by atoms with E-state index in [-0.39, 0.29) is 11.5 Å². The van der Waals surface area contributed by atoms with Crippen molar-refractivity contribution in [1.29, 1.82) is 0 Å². The summed E-state index contributed by atoms with van der Waals surface area (Å²) in [6.07, 6.45) is 8.80. The highest BCUT2D eigenvalue weighted by Crippen LogP contribution is 2.28. The third-order valence-corrected chi connectivity index (χ3v) is 6.57. The van der Waals surface area contributed by atoms with Gasteiger partial charge in [0.05, 0.1) is 23.3 Å². The number of nitrogens with zero attached hydrogens (tertiary/aromatic N) is 4. The smallest absolute Gasteiger partial charge is 0.193 e. The number of imidazole rings is 1. The quantitative estimate of drug-likeness (QED) is 0.297. The van der Waals surface area contributed by atoms with Crippen LogP contribution in [0.2, 0.25) is 0 Å². The average Bonchev–Trinajstić information content (AvgIpc) is 3.34. The molecule has 178 valence electrons. The number of aromatic nitrogens is 4. The van der Waals surface area contributed by atoms with Crippen molar-refractivity contribution >= 4 is 32.9 Å². The molecule has 1 N–H and O–H groups in total. The summed E-state index contributed by atoms with van der Waals surface area (Å²) in [5, 5.41) is 6.20. The molecule has 0 amide bonds. The van der Waals surface area contributed by atoms with Crippen molar-refractivity contribution in [3.05, 3.63) is 113 Å². The molecule has 0 aliphatic heterocycles. The molecule has 0 saturated heterocycles. The van der Waals surface area contributed by atoms with Crippen LogP contribution < -0.4 is 10.7 Å². The summed E-state index contributed by atoms with van der Waals surface area (Å²) in [7, 11) is 0. The number of rotatable bonds is 8. The predicted octanol–water partition coefficient (Wildman–Crippen LogP) is 5.40. The zero-order valence-corrected chi connectivity index (χ0v) is 19.7. The van der Waals surface area contributed by atoms with Crippen LogP contribution in [0.25, 0.3) is 32.9 Å². The van der Waals surface area contributed by atoms with E-state index in [0.29, 0.717) is 23.3 Å². The van der Waals surface area contributed by atoms with E-state index in [1.54, 1.807) is 24.7 Å². The van der Waals surface area contributed by atoms with E-state index in [9.17, 15) is 4.79 Å². The molecule has 0 bridgehead atoms. The molecule has 2 aromatic carbocycles. The molecule has 6 aromatic rings. The molecule has 0 radical (unpaired) electrons. The standard InChI is InChI=1S/C29H25N5O2/c35-26-17-27(36-28-22-6-2-1-5-21(22)9-10-23(26)28)24(32-18-20-11-14-30-15-12-20)7-4-16-34-19-33-29-25(34)8-3-13-31-29/h1-3,5-6,8-15,17,19,24,32H,4,7,16,18H2. The first-order valence-corrected chi connectivity index (χ1v) is 12.1. The molecular formula is C29H25N5O2. The van der Waals surface area contributed by atoms with Crippen molar-refractivity contribution in [2.24, 2.45) is 0 Å². The van der Waals surface area contributed by atoms with Crippen molar-refractivity contribution < 1.29 is 4.42 Å². The third kappa shape index (κ3) is 4.36. The Kier molecular flexibility index (Phi) is 5.97. The van der Waals surface area contributed by atoms with Gasteiger partial charge in [-0.2, -0.15) is 0 Å². The zero-order chi connectivity index (χ0) is 24.3. The summed E-state index contributed by atoms with van der Waals surface area (Å²) in [4.78, 5) is 25.9. The number of aryl methyl sites for hydroxylation is 1. The molecule has 4 aromatic heterocycles. The molecule has 7 heteroatoms. The van der Waals surface area contributed by atoms with Crippen molar-refractivity contribution in [2.75, 3.05) is 0 Å². The van der Waals surface area contributed by atoms with Gasteiger partial charge in [-0.15, -0.1) is 0 Å². The molecular weight excluding hydrogens is 450 g/mol. The second-order valence-electron chi connectivity index (χ2n) is 8.89. The van der Waals surface area contributed by atoms with Gasteiger partial charge in [-0.05, 0) is 54.1 Å². The summed E-state index contributed by atoms with van der Waals surface area (Å²) in [6.45, 7) is 1.43. The van der Waals surface area contributed by atoms with Crippen molar-refractivity contribution in [3.63, 3.8) is 0 Å². The number of benzene rings is 2. The summed E-state index contributed by atoms with van der Waals surface area (Å²) in [5.74, 6) is 0.648.